The summed E-state index contributed by atoms with van der Waals surface area (Å²) in [6, 6.07) is 8.44. The smallest absolute Gasteiger partial charge is 0.100 e. The third-order valence-corrected chi connectivity index (χ3v) is 3.43. The van der Waals surface area contributed by atoms with Crippen LogP contribution in [0.5, 0.6) is 0 Å². The third kappa shape index (κ3) is 3.23. The molecule has 3 nitrogen and oxygen atoms in total. The lowest BCUT2D eigenvalue weighted by atomic mass is 10.2. The van der Waals surface area contributed by atoms with E-state index in [4.69, 9.17) is 11.6 Å². The van der Waals surface area contributed by atoms with Crippen molar-refractivity contribution in [1.29, 1.82) is 0 Å². The van der Waals surface area contributed by atoms with Gasteiger partial charge in [0, 0.05) is 4.90 Å². The van der Waals surface area contributed by atoms with Crippen LogP contribution in [0.3, 0.4) is 0 Å². The molecule has 0 bridgehead atoms. The van der Waals surface area contributed by atoms with Crippen molar-refractivity contribution in [2.24, 2.45) is 0 Å². The van der Waals surface area contributed by atoms with Crippen LogP contribution in [0.2, 0.25) is 0 Å². The normalized spacial score (nSPS) is 12.6. The molecule has 0 spiro atoms. The van der Waals surface area contributed by atoms with E-state index in [1.54, 1.807) is 11.8 Å². The average Bonchev–Trinajstić information content (AvgIpc) is 2.79. The maximum Gasteiger partial charge on any atom is 0.100 e. The van der Waals surface area contributed by atoms with Gasteiger partial charge in [0.1, 0.15) is 5.69 Å². The monoisotopic (exact) mass is 267 g/mol. The van der Waals surface area contributed by atoms with Gasteiger partial charge in [0.05, 0.1) is 18.1 Å². The number of thioether (sulfide) groups is 1. The van der Waals surface area contributed by atoms with Crippen LogP contribution in [0.1, 0.15) is 23.6 Å². The Bertz CT molecular complexity index is 479. The fourth-order valence-electron chi connectivity index (χ4n) is 1.49. The molecule has 1 unspecified atom stereocenters. The van der Waals surface area contributed by atoms with Crippen LogP contribution in [0.25, 0.3) is 0 Å². The van der Waals surface area contributed by atoms with Crippen molar-refractivity contribution in [1.82, 2.24) is 15.0 Å². The van der Waals surface area contributed by atoms with Crippen LogP contribution in [-0.4, -0.2) is 21.2 Å². The summed E-state index contributed by atoms with van der Waals surface area (Å²) in [5, 5.41) is 7.98. The van der Waals surface area contributed by atoms with E-state index in [0.717, 1.165) is 12.2 Å². The molecule has 1 heterocycles. The van der Waals surface area contributed by atoms with Crippen LogP contribution in [0.4, 0.5) is 0 Å². The Hall–Kier alpha value is -1.00. The first-order valence-corrected chi connectivity index (χ1v) is 7.02. The van der Waals surface area contributed by atoms with E-state index in [0.29, 0.717) is 0 Å². The fourth-order valence-corrected chi connectivity index (χ4v) is 2.00. The lowest BCUT2D eigenvalue weighted by molar-refractivity contribution is 0.649. The minimum atomic E-state index is -0.0948. The number of hydrogen-bond acceptors (Lipinski definition) is 3. The maximum absolute atomic E-state index is 5.94. The van der Waals surface area contributed by atoms with Gasteiger partial charge in [-0.1, -0.05) is 17.3 Å². The van der Waals surface area contributed by atoms with Gasteiger partial charge in [-0.25, -0.2) is 4.68 Å². The van der Waals surface area contributed by atoms with E-state index in [9.17, 15) is 0 Å². The van der Waals surface area contributed by atoms with Gasteiger partial charge in [-0.15, -0.1) is 28.5 Å². The van der Waals surface area contributed by atoms with Gasteiger partial charge in [0.15, 0.2) is 0 Å². The second-order valence-corrected chi connectivity index (χ2v) is 5.34. The maximum atomic E-state index is 5.94. The number of nitrogens with zero attached hydrogens (tertiary/aromatic N) is 3. The van der Waals surface area contributed by atoms with Crippen LogP contribution in [0, 0.1) is 0 Å². The number of aromatic nitrogens is 3. The van der Waals surface area contributed by atoms with Crippen molar-refractivity contribution in [3.8, 4) is 0 Å². The van der Waals surface area contributed by atoms with E-state index >= 15 is 0 Å². The molecule has 5 heteroatoms. The summed E-state index contributed by atoms with van der Waals surface area (Å²) < 4.78 is 1.81. The molecule has 2 aromatic rings. The molecule has 0 amide bonds. The largest absolute Gasteiger partial charge is 0.248 e. The van der Waals surface area contributed by atoms with Gasteiger partial charge in [-0.2, -0.15) is 0 Å². The van der Waals surface area contributed by atoms with Crippen LogP contribution >= 0.6 is 23.4 Å². The van der Waals surface area contributed by atoms with Crippen molar-refractivity contribution >= 4 is 23.4 Å². The van der Waals surface area contributed by atoms with Crippen molar-refractivity contribution in [3.63, 3.8) is 0 Å². The van der Waals surface area contributed by atoms with Gasteiger partial charge < -0.3 is 0 Å². The predicted molar refractivity (Wildman–Crippen MR) is 71.6 cm³/mol. The Balaban J connectivity index is 2.08. The number of alkyl halides is 1. The molecule has 17 heavy (non-hydrogen) atoms. The molecule has 1 aromatic carbocycles. The topological polar surface area (TPSA) is 30.7 Å². The van der Waals surface area contributed by atoms with Crippen molar-refractivity contribution < 1.29 is 0 Å². The fraction of sp³-hybridized carbons (Fsp3) is 0.333. The highest BCUT2D eigenvalue weighted by molar-refractivity contribution is 7.98. The second kappa shape index (κ2) is 5.56. The van der Waals surface area contributed by atoms with Gasteiger partial charge in [-0.05, 0) is 30.9 Å². The van der Waals surface area contributed by atoms with Crippen LogP contribution in [0.15, 0.2) is 35.4 Å². The Morgan fingerprint density at radius 2 is 2.06 bits per heavy atom. The highest BCUT2D eigenvalue weighted by Crippen LogP contribution is 2.17. The Morgan fingerprint density at radius 1 is 1.35 bits per heavy atom. The van der Waals surface area contributed by atoms with Crippen LogP contribution in [-0.2, 0) is 6.54 Å². The highest BCUT2D eigenvalue weighted by atomic mass is 35.5. The first-order valence-electron chi connectivity index (χ1n) is 5.36. The quantitative estimate of drug-likeness (QED) is 0.629. The van der Waals surface area contributed by atoms with Crippen LogP contribution < -0.4 is 0 Å². The number of halogens is 1. The molecular weight excluding hydrogens is 254 g/mol. The Labute approximate surface area is 110 Å². The van der Waals surface area contributed by atoms with Crippen molar-refractivity contribution in [2.75, 3.05) is 6.26 Å². The summed E-state index contributed by atoms with van der Waals surface area (Å²) in [5.74, 6) is 0. The summed E-state index contributed by atoms with van der Waals surface area (Å²) in [6.45, 7) is 2.62. The van der Waals surface area contributed by atoms with Crippen molar-refractivity contribution in [3.05, 3.63) is 41.7 Å². The van der Waals surface area contributed by atoms with E-state index in [1.165, 1.54) is 10.5 Å². The molecule has 1 atom stereocenters. The SMILES string of the molecule is CSc1ccc(Cn2cc(C(C)Cl)nn2)cc1. The highest BCUT2D eigenvalue weighted by Gasteiger charge is 2.06. The first-order chi connectivity index (χ1) is 8.19. The minimum Gasteiger partial charge on any atom is -0.248 e. The molecule has 0 N–H and O–H groups in total. The molecule has 0 aliphatic rings. The summed E-state index contributed by atoms with van der Waals surface area (Å²) in [5.41, 5.74) is 2.02. The molecule has 0 saturated heterocycles. The molecule has 0 fully saturated rings. The summed E-state index contributed by atoms with van der Waals surface area (Å²) in [4.78, 5) is 1.27. The van der Waals surface area contributed by atoms with Gasteiger partial charge in [0.25, 0.3) is 0 Å². The molecule has 2 rings (SSSR count). The van der Waals surface area contributed by atoms with Crippen molar-refractivity contribution in [2.45, 2.75) is 23.7 Å². The second-order valence-electron chi connectivity index (χ2n) is 3.81. The Kier molecular flexibility index (Phi) is 4.07. The van der Waals surface area contributed by atoms with Gasteiger partial charge >= 0.3 is 0 Å². The molecular formula is C12H14ClN3S. The summed E-state index contributed by atoms with van der Waals surface area (Å²) in [6.07, 6.45) is 3.96. The standard InChI is InChI=1S/C12H14ClN3S/c1-9(13)12-8-16(15-14-12)7-10-3-5-11(17-2)6-4-10/h3-6,8-9H,7H2,1-2H3. The molecule has 0 radical (unpaired) electrons. The zero-order valence-electron chi connectivity index (χ0n) is 9.80. The predicted octanol–water partition coefficient (Wildman–Crippen LogP) is 3.35. The summed E-state index contributed by atoms with van der Waals surface area (Å²) >= 11 is 7.68. The number of hydrogen-bond donors (Lipinski definition) is 0. The van der Waals surface area contributed by atoms with Gasteiger partial charge in [0.2, 0.25) is 0 Å². The van der Waals surface area contributed by atoms with E-state index < -0.39 is 0 Å². The average molecular weight is 268 g/mol. The molecule has 0 aliphatic carbocycles. The number of rotatable bonds is 4. The molecule has 1 aromatic heterocycles. The van der Waals surface area contributed by atoms with E-state index in [1.807, 2.05) is 17.8 Å². The Morgan fingerprint density at radius 3 is 2.59 bits per heavy atom. The first kappa shape index (κ1) is 12.5. The van der Waals surface area contributed by atoms with Gasteiger partial charge in [-0.3, -0.25) is 0 Å². The number of benzene rings is 1. The molecule has 90 valence electrons. The third-order valence-electron chi connectivity index (χ3n) is 2.47. The van der Waals surface area contributed by atoms with E-state index in [-0.39, 0.29) is 5.38 Å². The lowest BCUT2D eigenvalue weighted by Crippen LogP contribution is -2.00. The molecule has 0 aliphatic heterocycles. The minimum absolute atomic E-state index is 0.0948. The molecule has 0 saturated carbocycles. The zero-order valence-corrected chi connectivity index (χ0v) is 11.4. The summed E-state index contributed by atoms with van der Waals surface area (Å²) in [7, 11) is 0. The van der Waals surface area contributed by atoms with E-state index in [2.05, 4.69) is 40.8 Å². The lowest BCUT2D eigenvalue weighted by Gasteiger charge is -2.02. The zero-order chi connectivity index (χ0) is 12.3.